The Morgan fingerprint density at radius 1 is 1.53 bits per heavy atom. The first-order valence-electron chi connectivity index (χ1n) is 4.75. The summed E-state index contributed by atoms with van der Waals surface area (Å²) in [4.78, 5) is 0.297. The van der Waals surface area contributed by atoms with Crippen LogP contribution in [0.15, 0.2) is 29.2 Å². The number of nitrogens with zero attached hydrogens (tertiary/aromatic N) is 1. The van der Waals surface area contributed by atoms with E-state index in [1.54, 1.807) is 24.3 Å². The lowest BCUT2D eigenvalue weighted by Gasteiger charge is -2.13. The average Bonchev–Trinajstić information content (AvgIpc) is 2.26. The van der Waals surface area contributed by atoms with Crippen molar-refractivity contribution in [2.45, 2.75) is 24.7 Å². The molecule has 80 valence electrons. The van der Waals surface area contributed by atoms with Crippen molar-refractivity contribution < 1.29 is 8.76 Å². The second-order valence-electron chi connectivity index (χ2n) is 3.28. The molecule has 2 unspecified atom stereocenters. The molecule has 0 saturated heterocycles. The maximum absolute atomic E-state index is 10.9. The summed E-state index contributed by atoms with van der Waals surface area (Å²) >= 11 is -2.22. The van der Waals surface area contributed by atoms with Crippen LogP contribution in [0, 0.1) is 17.2 Å². The molecule has 0 aliphatic heterocycles. The first kappa shape index (κ1) is 11.9. The molecule has 2 atom stereocenters. The second kappa shape index (κ2) is 5.64. The van der Waals surface area contributed by atoms with Gasteiger partial charge in [0.25, 0.3) is 0 Å². The molecule has 4 heteroatoms. The van der Waals surface area contributed by atoms with Crippen molar-refractivity contribution in [1.82, 2.24) is 0 Å². The first-order valence-corrected chi connectivity index (χ1v) is 5.83. The molecule has 0 bridgehead atoms. The molecule has 0 aliphatic rings. The number of nitriles is 1. The van der Waals surface area contributed by atoms with Crippen LogP contribution in [0.25, 0.3) is 0 Å². The summed E-state index contributed by atoms with van der Waals surface area (Å²) < 4.78 is 21.8. The zero-order chi connectivity index (χ0) is 11.3. The van der Waals surface area contributed by atoms with E-state index in [9.17, 15) is 8.76 Å². The Kier molecular flexibility index (Phi) is 4.47. The predicted molar refractivity (Wildman–Crippen MR) is 56.7 cm³/mol. The van der Waals surface area contributed by atoms with Crippen molar-refractivity contribution in [2.24, 2.45) is 5.92 Å². The Hall–Kier alpha value is -1.18. The summed E-state index contributed by atoms with van der Waals surface area (Å²) in [5, 5.41) is 8.81. The van der Waals surface area contributed by atoms with Crippen molar-refractivity contribution in [3.05, 3.63) is 29.8 Å². The maximum atomic E-state index is 10.9. The minimum absolute atomic E-state index is 0.116. The summed E-state index contributed by atoms with van der Waals surface area (Å²) in [5.41, 5.74) is 0.722. The smallest absolute Gasteiger partial charge is 0.0659 e. The average molecular weight is 222 g/mol. The lowest BCUT2D eigenvalue weighted by atomic mass is 9.98. The van der Waals surface area contributed by atoms with Gasteiger partial charge in [0.1, 0.15) is 0 Å². The molecule has 0 aliphatic carbocycles. The van der Waals surface area contributed by atoms with Crippen molar-refractivity contribution in [3.63, 3.8) is 0 Å². The van der Waals surface area contributed by atoms with Crippen LogP contribution in [-0.2, 0) is 17.5 Å². The molecule has 0 heterocycles. The molecule has 3 nitrogen and oxygen atoms in total. The highest BCUT2D eigenvalue weighted by Crippen LogP contribution is 2.17. The van der Waals surface area contributed by atoms with Gasteiger partial charge in [-0.05, 0) is 35.6 Å². The minimum Gasteiger partial charge on any atom is -0.768 e. The van der Waals surface area contributed by atoms with Gasteiger partial charge in [-0.2, -0.15) is 5.26 Å². The number of hydrogen-bond donors (Lipinski definition) is 0. The van der Waals surface area contributed by atoms with Gasteiger partial charge in [-0.3, -0.25) is 4.21 Å². The fraction of sp³-hybridized carbons (Fsp3) is 0.364. The highest BCUT2D eigenvalue weighted by Gasteiger charge is 2.09. The Balaban J connectivity index is 2.94. The van der Waals surface area contributed by atoms with E-state index in [1.165, 1.54) is 0 Å². The Bertz CT molecular complexity index is 398. The third kappa shape index (κ3) is 3.15. The normalized spacial score (nSPS) is 14.2. The molecule has 0 aromatic heterocycles. The Morgan fingerprint density at radius 3 is 2.73 bits per heavy atom. The summed E-state index contributed by atoms with van der Waals surface area (Å²) in [5.74, 6) is -0.116. The van der Waals surface area contributed by atoms with Crippen LogP contribution in [0.3, 0.4) is 0 Å². The molecule has 1 aromatic carbocycles. The van der Waals surface area contributed by atoms with Gasteiger partial charge in [0.15, 0.2) is 0 Å². The van der Waals surface area contributed by atoms with Crippen molar-refractivity contribution in [3.8, 4) is 6.07 Å². The molecule has 0 N–H and O–H groups in total. The van der Waals surface area contributed by atoms with Gasteiger partial charge < -0.3 is 4.55 Å². The third-order valence-corrected chi connectivity index (χ3v) is 3.05. The Morgan fingerprint density at radius 2 is 2.20 bits per heavy atom. The van der Waals surface area contributed by atoms with Crippen molar-refractivity contribution in [1.29, 1.82) is 5.26 Å². The number of benzene rings is 1. The van der Waals surface area contributed by atoms with Gasteiger partial charge in [-0.15, -0.1) is 0 Å². The van der Waals surface area contributed by atoms with Crippen molar-refractivity contribution >= 4 is 11.1 Å². The topological polar surface area (TPSA) is 63.9 Å². The molecule has 15 heavy (non-hydrogen) atoms. The minimum atomic E-state index is -2.22. The lowest BCUT2D eigenvalue weighted by Crippen LogP contribution is -2.04. The van der Waals surface area contributed by atoms with Crippen LogP contribution in [0.5, 0.6) is 0 Å². The van der Waals surface area contributed by atoms with E-state index in [4.69, 9.17) is 5.26 Å². The first-order chi connectivity index (χ1) is 7.19. The van der Waals surface area contributed by atoms with Crippen LogP contribution in [-0.4, -0.2) is 8.76 Å². The highest BCUT2D eigenvalue weighted by molar-refractivity contribution is 7.79. The highest BCUT2D eigenvalue weighted by atomic mass is 32.2. The van der Waals surface area contributed by atoms with E-state index >= 15 is 0 Å². The monoisotopic (exact) mass is 222 g/mol. The fourth-order valence-electron chi connectivity index (χ4n) is 1.38. The molecule has 1 rings (SSSR count). The van der Waals surface area contributed by atoms with E-state index < -0.39 is 11.1 Å². The summed E-state index contributed by atoms with van der Waals surface area (Å²) in [6.07, 6.45) is 1.23. The van der Waals surface area contributed by atoms with Crippen LogP contribution in [0.2, 0.25) is 0 Å². The van der Waals surface area contributed by atoms with E-state index in [0.29, 0.717) is 11.3 Å². The SMILES string of the molecule is CCC(C#N)Cc1ccccc1S(=O)[O-]. The molecule has 0 fully saturated rings. The van der Waals surface area contributed by atoms with Crippen LogP contribution in [0.4, 0.5) is 0 Å². The van der Waals surface area contributed by atoms with E-state index in [0.717, 1.165) is 12.0 Å². The molecule has 0 radical (unpaired) electrons. The largest absolute Gasteiger partial charge is 0.768 e. The molecular weight excluding hydrogens is 210 g/mol. The molecule has 0 saturated carbocycles. The van der Waals surface area contributed by atoms with Gasteiger partial charge in [0.05, 0.1) is 12.0 Å². The Labute approximate surface area is 92.0 Å². The number of rotatable bonds is 4. The van der Waals surface area contributed by atoms with Crippen LogP contribution < -0.4 is 0 Å². The predicted octanol–water partition coefficient (Wildman–Crippen LogP) is 2.02. The number of hydrogen-bond acceptors (Lipinski definition) is 3. The standard InChI is InChI=1S/C11H13NO2S/c1-2-9(8-12)7-10-5-3-4-6-11(10)15(13)14/h3-6,9H,2,7H2,1H3,(H,13,14)/p-1. The van der Waals surface area contributed by atoms with Gasteiger partial charge in [0.2, 0.25) is 0 Å². The van der Waals surface area contributed by atoms with E-state index in [2.05, 4.69) is 6.07 Å². The maximum Gasteiger partial charge on any atom is 0.0659 e. The second-order valence-corrected chi connectivity index (χ2v) is 4.19. The van der Waals surface area contributed by atoms with Gasteiger partial charge >= 0.3 is 0 Å². The van der Waals surface area contributed by atoms with Gasteiger partial charge in [-0.1, -0.05) is 25.1 Å². The third-order valence-electron chi connectivity index (χ3n) is 2.29. The van der Waals surface area contributed by atoms with Crippen molar-refractivity contribution in [2.75, 3.05) is 0 Å². The van der Waals surface area contributed by atoms with Crippen LogP contribution >= 0.6 is 0 Å². The van der Waals surface area contributed by atoms with Crippen LogP contribution in [0.1, 0.15) is 18.9 Å². The lowest BCUT2D eigenvalue weighted by molar-refractivity contribution is 0.534. The zero-order valence-corrected chi connectivity index (χ0v) is 9.29. The molecule has 0 spiro atoms. The van der Waals surface area contributed by atoms with E-state index in [-0.39, 0.29) is 5.92 Å². The van der Waals surface area contributed by atoms with Gasteiger partial charge in [0, 0.05) is 4.90 Å². The summed E-state index contributed by atoms with van der Waals surface area (Å²) in [6.45, 7) is 1.92. The molecule has 1 aromatic rings. The van der Waals surface area contributed by atoms with E-state index in [1.807, 2.05) is 6.92 Å². The quantitative estimate of drug-likeness (QED) is 0.732. The van der Waals surface area contributed by atoms with Gasteiger partial charge in [-0.25, -0.2) is 0 Å². The summed E-state index contributed by atoms with van der Waals surface area (Å²) in [7, 11) is 0. The molecular formula is C11H12NO2S-. The molecule has 0 amide bonds. The zero-order valence-electron chi connectivity index (χ0n) is 8.47. The fourth-order valence-corrected chi connectivity index (χ4v) is 1.94. The summed E-state index contributed by atoms with van der Waals surface area (Å²) in [6, 6.07) is 8.95.